The third-order valence-corrected chi connectivity index (χ3v) is 1.83. The molecule has 1 aromatic rings. The van der Waals surface area contributed by atoms with E-state index in [1.54, 1.807) is 20.8 Å². The Morgan fingerprint density at radius 2 is 1.79 bits per heavy atom. The van der Waals surface area contributed by atoms with Gasteiger partial charge in [0.1, 0.15) is 5.60 Å². The number of hydrogen-bond acceptors (Lipinski definition) is 1. The second-order valence-corrected chi connectivity index (χ2v) is 4.83. The minimum atomic E-state index is -0.955. The fourth-order valence-electron chi connectivity index (χ4n) is 0.937. The third-order valence-electron chi connectivity index (χ3n) is 1.38. The molecule has 0 saturated heterocycles. The van der Waals surface area contributed by atoms with Crippen LogP contribution in [-0.2, 0) is 0 Å². The second-order valence-electron chi connectivity index (χ2n) is 3.91. The highest BCUT2D eigenvalue weighted by Crippen LogP contribution is 2.28. The first-order chi connectivity index (χ1) is 6.29. The molecule has 1 aromatic carbocycles. The molecule has 0 spiro atoms. The molecule has 0 aliphatic carbocycles. The van der Waals surface area contributed by atoms with Gasteiger partial charge in [-0.05, 0) is 32.9 Å². The van der Waals surface area contributed by atoms with Crippen LogP contribution < -0.4 is 4.74 Å². The van der Waals surface area contributed by atoms with Gasteiger partial charge in [0.2, 0.25) is 5.82 Å². The fraction of sp³-hybridized carbons (Fsp3) is 0.400. The van der Waals surface area contributed by atoms with Gasteiger partial charge in [-0.25, -0.2) is 4.39 Å². The summed E-state index contributed by atoms with van der Waals surface area (Å²) in [6.45, 7) is 5.31. The average molecular weight is 265 g/mol. The molecule has 1 rings (SSSR count). The first-order valence-electron chi connectivity index (χ1n) is 4.13. The van der Waals surface area contributed by atoms with Crippen molar-refractivity contribution in [2.24, 2.45) is 0 Å². The molecule has 0 saturated carbocycles. The van der Waals surface area contributed by atoms with Crippen molar-refractivity contribution in [2.45, 2.75) is 26.4 Å². The van der Waals surface area contributed by atoms with Gasteiger partial charge in [0, 0.05) is 4.47 Å². The van der Waals surface area contributed by atoms with Crippen molar-refractivity contribution in [3.63, 3.8) is 0 Å². The van der Waals surface area contributed by atoms with E-state index in [1.807, 2.05) is 0 Å². The minimum Gasteiger partial charge on any atom is -0.485 e. The van der Waals surface area contributed by atoms with Gasteiger partial charge in [-0.1, -0.05) is 15.9 Å². The zero-order valence-electron chi connectivity index (χ0n) is 8.20. The summed E-state index contributed by atoms with van der Waals surface area (Å²) in [5.41, 5.74) is -0.548. The lowest BCUT2D eigenvalue weighted by molar-refractivity contribution is 0.123. The molecule has 1 nitrogen and oxygen atoms in total. The Kier molecular flexibility index (Phi) is 3.14. The lowest BCUT2D eigenvalue weighted by Crippen LogP contribution is -2.23. The van der Waals surface area contributed by atoms with Crippen LogP contribution in [0.4, 0.5) is 8.78 Å². The van der Waals surface area contributed by atoms with E-state index in [4.69, 9.17) is 4.74 Å². The molecule has 0 amide bonds. The lowest BCUT2D eigenvalue weighted by Gasteiger charge is -2.21. The van der Waals surface area contributed by atoms with Gasteiger partial charge in [0.25, 0.3) is 0 Å². The highest BCUT2D eigenvalue weighted by molar-refractivity contribution is 9.10. The van der Waals surface area contributed by atoms with E-state index in [0.29, 0.717) is 4.47 Å². The van der Waals surface area contributed by atoms with Gasteiger partial charge in [0.15, 0.2) is 11.6 Å². The Labute approximate surface area is 90.2 Å². The maximum atomic E-state index is 13.2. The van der Waals surface area contributed by atoms with E-state index in [1.165, 1.54) is 6.07 Å². The lowest BCUT2D eigenvalue weighted by atomic mass is 10.2. The Morgan fingerprint density at radius 1 is 1.21 bits per heavy atom. The van der Waals surface area contributed by atoms with E-state index in [-0.39, 0.29) is 5.75 Å². The quantitative estimate of drug-likeness (QED) is 0.699. The Balaban J connectivity index is 3.09. The number of benzene rings is 1. The van der Waals surface area contributed by atoms with Crippen LogP contribution in [0.3, 0.4) is 0 Å². The van der Waals surface area contributed by atoms with Crippen molar-refractivity contribution in [3.8, 4) is 5.75 Å². The van der Waals surface area contributed by atoms with E-state index < -0.39 is 17.2 Å². The maximum Gasteiger partial charge on any atom is 0.200 e. The van der Waals surface area contributed by atoms with Gasteiger partial charge in [0.05, 0.1) is 0 Å². The Morgan fingerprint density at radius 3 is 2.29 bits per heavy atom. The van der Waals surface area contributed by atoms with Crippen molar-refractivity contribution in [1.29, 1.82) is 0 Å². The van der Waals surface area contributed by atoms with Gasteiger partial charge in [-0.2, -0.15) is 4.39 Å². The molecule has 0 aliphatic heterocycles. The molecule has 0 fully saturated rings. The Bertz CT molecular complexity index is 345. The monoisotopic (exact) mass is 264 g/mol. The molecule has 14 heavy (non-hydrogen) atoms. The average Bonchev–Trinajstić information content (AvgIpc) is 1.96. The van der Waals surface area contributed by atoms with Crippen LogP contribution in [0, 0.1) is 11.6 Å². The van der Waals surface area contributed by atoms with Crippen LogP contribution in [0.2, 0.25) is 0 Å². The highest BCUT2D eigenvalue weighted by atomic mass is 79.9. The Hall–Kier alpha value is -0.640. The van der Waals surface area contributed by atoms with Gasteiger partial charge < -0.3 is 4.74 Å². The molecule has 0 N–H and O–H groups in total. The summed E-state index contributed by atoms with van der Waals surface area (Å²) in [7, 11) is 0. The smallest absolute Gasteiger partial charge is 0.200 e. The van der Waals surface area contributed by atoms with E-state index in [2.05, 4.69) is 15.9 Å². The van der Waals surface area contributed by atoms with Crippen LogP contribution in [0.1, 0.15) is 20.8 Å². The third kappa shape index (κ3) is 2.94. The first kappa shape index (κ1) is 11.4. The molecule has 0 unspecified atom stereocenters. The highest BCUT2D eigenvalue weighted by Gasteiger charge is 2.17. The number of ether oxygens (including phenoxy) is 1. The van der Waals surface area contributed by atoms with Crippen molar-refractivity contribution in [1.82, 2.24) is 0 Å². The molecular formula is C10H11BrF2O. The predicted octanol–water partition coefficient (Wildman–Crippen LogP) is 3.90. The first-order valence-corrected chi connectivity index (χ1v) is 4.92. The van der Waals surface area contributed by atoms with Gasteiger partial charge in [-0.3, -0.25) is 0 Å². The van der Waals surface area contributed by atoms with Crippen molar-refractivity contribution < 1.29 is 13.5 Å². The largest absolute Gasteiger partial charge is 0.485 e. The molecule has 4 heteroatoms. The summed E-state index contributed by atoms with van der Waals surface area (Å²) >= 11 is 3.07. The summed E-state index contributed by atoms with van der Waals surface area (Å²) < 4.78 is 31.8. The minimum absolute atomic E-state index is 0.0793. The summed E-state index contributed by atoms with van der Waals surface area (Å²) in [5.74, 6) is -1.95. The van der Waals surface area contributed by atoms with E-state index >= 15 is 0 Å². The fourth-order valence-corrected chi connectivity index (χ4v) is 1.35. The van der Waals surface area contributed by atoms with Crippen molar-refractivity contribution in [3.05, 3.63) is 28.2 Å². The SMILES string of the molecule is CC(C)(C)Oc1cc(Br)cc(F)c1F. The van der Waals surface area contributed by atoms with E-state index in [0.717, 1.165) is 6.07 Å². The van der Waals surface area contributed by atoms with Gasteiger partial charge >= 0.3 is 0 Å². The predicted molar refractivity (Wildman–Crippen MR) is 54.4 cm³/mol. The van der Waals surface area contributed by atoms with Crippen LogP contribution in [0.5, 0.6) is 5.75 Å². The molecule has 0 aromatic heterocycles. The maximum absolute atomic E-state index is 13.2. The molecular weight excluding hydrogens is 254 g/mol. The summed E-state index contributed by atoms with van der Waals surface area (Å²) in [6.07, 6.45) is 0. The molecule has 0 aliphatic rings. The van der Waals surface area contributed by atoms with Crippen molar-refractivity contribution in [2.75, 3.05) is 0 Å². The standard InChI is InChI=1S/C10H11BrF2O/c1-10(2,3)14-8-5-6(11)4-7(12)9(8)13/h4-5H,1-3H3. The zero-order chi connectivity index (χ0) is 10.9. The molecule has 0 radical (unpaired) electrons. The molecule has 0 atom stereocenters. The summed E-state index contributed by atoms with van der Waals surface area (Å²) in [4.78, 5) is 0. The van der Waals surface area contributed by atoms with Crippen molar-refractivity contribution >= 4 is 15.9 Å². The van der Waals surface area contributed by atoms with Crippen LogP contribution in [-0.4, -0.2) is 5.60 Å². The van der Waals surface area contributed by atoms with Crippen LogP contribution >= 0.6 is 15.9 Å². The number of hydrogen-bond donors (Lipinski definition) is 0. The number of rotatable bonds is 1. The van der Waals surface area contributed by atoms with Gasteiger partial charge in [-0.15, -0.1) is 0 Å². The second kappa shape index (κ2) is 3.85. The summed E-state index contributed by atoms with van der Waals surface area (Å²) in [5, 5.41) is 0. The van der Waals surface area contributed by atoms with Crippen LogP contribution in [0.15, 0.2) is 16.6 Å². The summed E-state index contributed by atoms with van der Waals surface area (Å²) in [6, 6.07) is 2.47. The zero-order valence-corrected chi connectivity index (χ0v) is 9.78. The number of halogens is 3. The van der Waals surface area contributed by atoms with E-state index in [9.17, 15) is 8.78 Å². The normalized spacial score (nSPS) is 11.6. The van der Waals surface area contributed by atoms with Crippen LogP contribution in [0.25, 0.3) is 0 Å². The molecule has 0 bridgehead atoms. The topological polar surface area (TPSA) is 9.23 Å². The molecule has 78 valence electrons. The molecule has 0 heterocycles.